The molecule has 16 heavy (non-hydrogen) atoms. The Hall–Kier alpha value is -1.58. The first-order chi connectivity index (χ1) is 7.63. The van der Waals surface area contributed by atoms with Gasteiger partial charge < -0.3 is 10.4 Å². The molecule has 0 fully saturated rings. The van der Waals surface area contributed by atoms with E-state index in [0.717, 1.165) is 17.7 Å². The number of carboxylic acids is 1. The van der Waals surface area contributed by atoms with Gasteiger partial charge in [0.1, 0.15) is 0 Å². The van der Waals surface area contributed by atoms with Crippen LogP contribution >= 0.6 is 0 Å². The summed E-state index contributed by atoms with van der Waals surface area (Å²) in [4.78, 5) is 14.6. The maximum Gasteiger partial charge on any atom is 0.303 e. The Bertz CT molecular complexity index is 353. The van der Waals surface area contributed by atoms with Crippen LogP contribution in [0.25, 0.3) is 0 Å². The highest BCUT2D eigenvalue weighted by atomic mass is 16.4. The van der Waals surface area contributed by atoms with Crippen LogP contribution in [0.2, 0.25) is 0 Å². The van der Waals surface area contributed by atoms with Crippen LogP contribution in [0.5, 0.6) is 0 Å². The first-order valence-corrected chi connectivity index (χ1v) is 5.49. The smallest absolute Gasteiger partial charge is 0.303 e. The van der Waals surface area contributed by atoms with E-state index in [-0.39, 0.29) is 12.3 Å². The number of carboxylic acid groups (broad SMARTS) is 1. The minimum atomic E-state index is -0.736. The van der Waals surface area contributed by atoms with Crippen molar-refractivity contribution in [1.82, 2.24) is 4.98 Å². The number of aryl methyl sites for hydroxylation is 1. The predicted octanol–water partition coefficient (Wildman–Crippen LogP) is 2.30. The molecule has 4 nitrogen and oxygen atoms in total. The second kappa shape index (κ2) is 6.10. The topological polar surface area (TPSA) is 62.2 Å². The largest absolute Gasteiger partial charge is 0.481 e. The quantitative estimate of drug-likeness (QED) is 0.775. The molecule has 0 aliphatic heterocycles. The fourth-order valence-electron chi connectivity index (χ4n) is 1.53. The lowest BCUT2D eigenvalue weighted by Crippen LogP contribution is -2.17. The molecule has 4 heteroatoms. The lowest BCUT2D eigenvalue weighted by Gasteiger charge is -2.15. The number of nitrogens with one attached hydrogen (secondary N) is 1. The van der Waals surface area contributed by atoms with Gasteiger partial charge in [-0.2, -0.15) is 0 Å². The van der Waals surface area contributed by atoms with Crippen LogP contribution in [-0.4, -0.2) is 22.6 Å². The maximum absolute atomic E-state index is 10.6. The summed E-state index contributed by atoms with van der Waals surface area (Å²) in [5.41, 5.74) is 2.10. The van der Waals surface area contributed by atoms with Crippen LogP contribution in [-0.2, 0) is 4.79 Å². The van der Waals surface area contributed by atoms with Crippen molar-refractivity contribution >= 4 is 11.7 Å². The van der Waals surface area contributed by atoms with Crippen LogP contribution in [0.3, 0.4) is 0 Å². The highest BCUT2D eigenvalue weighted by Gasteiger charge is 2.11. The molecule has 1 heterocycles. The van der Waals surface area contributed by atoms with Gasteiger partial charge in [0.2, 0.25) is 0 Å². The number of hydrogen-bond acceptors (Lipinski definition) is 3. The Morgan fingerprint density at radius 3 is 2.94 bits per heavy atom. The normalized spacial score (nSPS) is 12.1. The summed E-state index contributed by atoms with van der Waals surface area (Å²) in [6.45, 7) is 4.68. The fourth-order valence-corrected chi connectivity index (χ4v) is 1.53. The lowest BCUT2D eigenvalue weighted by molar-refractivity contribution is -0.138. The van der Waals surface area contributed by atoms with E-state index >= 15 is 0 Å². The SMILES string of the molecule is CCC(CNc1ccncc1C)CC(=O)O. The van der Waals surface area contributed by atoms with E-state index in [1.165, 1.54) is 0 Å². The van der Waals surface area contributed by atoms with Crippen molar-refractivity contribution in [3.63, 3.8) is 0 Å². The van der Waals surface area contributed by atoms with E-state index in [4.69, 9.17) is 5.11 Å². The molecular weight excluding hydrogens is 204 g/mol. The fraction of sp³-hybridized carbons (Fsp3) is 0.500. The van der Waals surface area contributed by atoms with Gasteiger partial charge in [-0.05, 0) is 24.5 Å². The molecule has 0 radical (unpaired) electrons. The van der Waals surface area contributed by atoms with Crippen molar-refractivity contribution in [1.29, 1.82) is 0 Å². The molecule has 1 aromatic heterocycles. The second-order valence-electron chi connectivity index (χ2n) is 3.94. The average molecular weight is 222 g/mol. The van der Waals surface area contributed by atoms with Crippen LogP contribution in [0.15, 0.2) is 18.5 Å². The van der Waals surface area contributed by atoms with Gasteiger partial charge in [-0.15, -0.1) is 0 Å². The summed E-state index contributed by atoms with van der Waals surface area (Å²) in [6.07, 6.45) is 4.60. The van der Waals surface area contributed by atoms with E-state index < -0.39 is 5.97 Å². The molecule has 0 spiro atoms. The summed E-state index contributed by atoms with van der Waals surface area (Å²) in [7, 11) is 0. The number of rotatable bonds is 6. The molecule has 1 rings (SSSR count). The summed E-state index contributed by atoms with van der Waals surface area (Å²) in [6, 6.07) is 1.91. The molecule has 1 aromatic rings. The number of anilines is 1. The minimum Gasteiger partial charge on any atom is -0.481 e. The van der Waals surface area contributed by atoms with Gasteiger partial charge in [-0.25, -0.2) is 0 Å². The summed E-state index contributed by atoms with van der Waals surface area (Å²) >= 11 is 0. The van der Waals surface area contributed by atoms with Gasteiger partial charge in [0.25, 0.3) is 0 Å². The van der Waals surface area contributed by atoms with Gasteiger partial charge in [0.15, 0.2) is 0 Å². The molecule has 1 unspecified atom stereocenters. The van der Waals surface area contributed by atoms with Crippen LogP contribution in [0.1, 0.15) is 25.3 Å². The molecule has 88 valence electrons. The molecule has 0 amide bonds. The van der Waals surface area contributed by atoms with E-state index in [1.54, 1.807) is 12.4 Å². The van der Waals surface area contributed by atoms with Gasteiger partial charge >= 0.3 is 5.97 Å². The summed E-state index contributed by atoms with van der Waals surface area (Å²) < 4.78 is 0. The molecule has 0 aliphatic carbocycles. The Morgan fingerprint density at radius 2 is 2.38 bits per heavy atom. The predicted molar refractivity (Wildman–Crippen MR) is 63.5 cm³/mol. The number of hydrogen-bond donors (Lipinski definition) is 2. The summed E-state index contributed by atoms with van der Waals surface area (Å²) in [5.74, 6) is -0.565. The van der Waals surface area contributed by atoms with Gasteiger partial charge in [-0.3, -0.25) is 9.78 Å². The molecule has 0 aliphatic rings. The molecule has 0 aromatic carbocycles. The first kappa shape index (κ1) is 12.5. The van der Waals surface area contributed by atoms with Crippen LogP contribution in [0, 0.1) is 12.8 Å². The number of pyridine rings is 1. The molecule has 2 N–H and O–H groups in total. The van der Waals surface area contributed by atoms with Gasteiger partial charge in [0.05, 0.1) is 0 Å². The zero-order valence-electron chi connectivity index (χ0n) is 9.73. The highest BCUT2D eigenvalue weighted by Crippen LogP contribution is 2.14. The molecule has 1 atom stereocenters. The molecular formula is C12H18N2O2. The van der Waals surface area contributed by atoms with Gasteiger partial charge in [-0.1, -0.05) is 13.3 Å². The zero-order valence-corrected chi connectivity index (χ0v) is 9.73. The Kier molecular flexibility index (Phi) is 4.76. The van der Waals surface area contributed by atoms with Gasteiger partial charge in [0, 0.05) is 31.0 Å². The highest BCUT2D eigenvalue weighted by molar-refractivity contribution is 5.67. The molecule has 0 saturated heterocycles. The van der Waals surface area contributed by atoms with E-state index in [0.29, 0.717) is 6.54 Å². The van der Waals surface area contributed by atoms with Crippen molar-refractivity contribution in [3.05, 3.63) is 24.0 Å². The standard InChI is InChI=1S/C12H18N2O2/c1-3-10(6-12(15)16)8-14-11-4-5-13-7-9(11)2/h4-5,7,10H,3,6,8H2,1-2H3,(H,13,14)(H,15,16). The van der Waals surface area contributed by atoms with Crippen LogP contribution in [0.4, 0.5) is 5.69 Å². The number of nitrogens with zero attached hydrogens (tertiary/aromatic N) is 1. The monoisotopic (exact) mass is 222 g/mol. The molecule has 0 bridgehead atoms. The van der Waals surface area contributed by atoms with E-state index in [1.807, 2.05) is 19.9 Å². The van der Waals surface area contributed by atoms with Crippen molar-refractivity contribution in [2.45, 2.75) is 26.7 Å². The Morgan fingerprint density at radius 1 is 1.62 bits per heavy atom. The Labute approximate surface area is 95.7 Å². The van der Waals surface area contributed by atoms with Crippen molar-refractivity contribution < 1.29 is 9.90 Å². The molecule has 0 saturated carbocycles. The summed E-state index contributed by atoms with van der Waals surface area (Å²) in [5, 5.41) is 12.0. The number of carbonyl (C=O) groups is 1. The lowest BCUT2D eigenvalue weighted by atomic mass is 10.0. The van der Waals surface area contributed by atoms with Crippen LogP contribution < -0.4 is 5.32 Å². The second-order valence-corrected chi connectivity index (χ2v) is 3.94. The maximum atomic E-state index is 10.6. The average Bonchev–Trinajstić information content (AvgIpc) is 2.25. The third kappa shape index (κ3) is 3.88. The Balaban J connectivity index is 2.49. The van der Waals surface area contributed by atoms with E-state index in [2.05, 4.69) is 10.3 Å². The van der Waals surface area contributed by atoms with E-state index in [9.17, 15) is 4.79 Å². The first-order valence-electron chi connectivity index (χ1n) is 5.49. The zero-order chi connectivity index (χ0) is 12.0. The minimum absolute atomic E-state index is 0.171. The third-order valence-electron chi connectivity index (χ3n) is 2.64. The van der Waals surface area contributed by atoms with Crippen molar-refractivity contribution in [3.8, 4) is 0 Å². The van der Waals surface area contributed by atoms with Crippen molar-refractivity contribution in [2.75, 3.05) is 11.9 Å². The number of aliphatic carboxylic acids is 1. The number of aromatic nitrogens is 1. The van der Waals surface area contributed by atoms with Crippen molar-refractivity contribution in [2.24, 2.45) is 5.92 Å². The third-order valence-corrected chi connectivity index (χ3v) is 2.64.